The molecule has 2 atom stereocenters. The zero-order valence-corrected chi connectivity index (χ0v) is 15.6. The zero-order chi connectivity index (χ0) is 19.1. The van der Waals surface area contributed by atoms with Gasteiger partial charge in [0.15, 0.2) is 0 Å². The van der Waals surface area contributed by atoms with Gasteiger partial charge in [0.05, 0.1) is 18.6 Å². The molecule has 0 radical (unpaired) electrons. The molecule has 2 N–H and O–H groups in total. The van der Waals surface area contributed by atoms with E-state index in [-0.39, 0.29) is 29.7 Å². The SMILES string of the molecule is CCOC(=O)[C@H]1CCCN([C@@H](C)C(=O)Nc2ccc(NC(C)=O)cc2)C1. The molecule has 1 heterocycles. The number of anilines is 2. The molecule has 1 aliphatic heterocycles. The first-order chi connectivity index (χ1) is 12.4. The number of rotatable bonds is 6. The van der Waals surface area contributed by atoms with E-state index < -0.39 is 0 Å². The lowest BCUT2D eigenvalue weighted by atomic mass is 9.97. The van der Waals surface area contributed by atoms with E-state index in [9.17, 15) is 14.4 Å². The summed E-state index contributed by atoms with van der Waals surface area (Å²) < 4.78 is 5.11. The number of nitrogens with one attached hydrogen (secondary N) is 2. The molecule has 1 fully saturated rings. The third-order valence-electron chi connectivity index (χ3n) is 4.47. The topological polar surface area (TPSA) is 87.7 Å². The summed E-state index contributed by atoms with van der Waals surface area (Å²) in [5, 5.41) is 5.56. The van der Waals surface area contributed by atoms with Crippen LogP contribution in [0.4, 0.5) is 11.4 Å². The number of hydrogen-bond donors (Lipinski definition) is 2. The average Bonchev–Trinajstić information content (AvgIpc) is 2.62. The number of piperidine rings is 1. The van der Waals surface area contributed by atoms with E-state index in [2.05, 4.69) is 10.6 Å². The van der Waals surface area contributed by atoms with Gasteiger partial charge in [-0.15, -0.1) is 0 Å². The van der Waals surface area contributed by atoms with Gasteiger partial charge in [-0.3, -0.25) is 19.3 Å². The lowest BCUT2D eigenvalue weighted by molar-refractivity contribution is -0.150. The Balaban J connectivity index is 1.92. The lowest BCUT2D eigenvalue weighted by Gasteiger charge is -2.35. The number of carbonyl (C=O) groups excluding carboxylic acids is 3. The molecule has 1 aliphatic rings. The molecule has 2 amide bonds. The Morgan fingerprint density at radius 1 is 1.19 bits per heavy atom. The Kier molecular flexibility index (Phi) is 7.15. The Morgan fingerprint density at radius 2 is 1.81 bits per heavy atom. The van der Waals surface area contributed by atoms with E-state index >= 15 is 0 Å². The molecule has 1 aromatic rings. The molecule has 0 spiro atoms. The van der Waals surface area contributed by atoms with Gasteiger partial charge in [-0.2, -0.15) is 0 Å². The molecule has 7 heteroatoms. The van der Waals surface area contributed by atoms with Crippen molar-refractivity contribution in [2.75, 3.05) is 30.3 Å². The van der Waals surface area contributed by atoms with Crippen molar-refractivity contribution >= 4 is 29.2 Å². The Bertz CT molecular complexity index is 645. The number of amides is 2. The van der Waals surface area contributed by atoms with Crippen molar-refractivity contribution in [3.63, 3.8) is 0 Å². The van der Waals surface area contributed by atoms with Crippen LogP contribution in [0.1, 0.15) is 33.6 Å². The van der Waals surface area contributed by atoms with Gasteiger partial charge in [-0.1, -0.05) is 0 Å². The van der Waals surface area contributed by atoms with E-state index in [0.29, 0.717) is 24.5 Å². The molecule has 142 valence electrons. The molecule has 2 rings (SSSR count). The third kappa shape index (κ3) is 5.56. The first-order valence-corrected chi connectivity index (χ1v) is 9.00. The van der Waals surface area contributed by atoms with Gasteiger partial charge in [0.1, 0.15) is 0 Å². The monoisotopic (exact) mass is 361 g/mol. The Hall–Kier alpha value is -2.41. The van der Waals surface area contributed by atoms with Crippen molar-refractivity contribution in [3.05, 3.63) is 24.3 Å². The van der Waals surface area contributed by atoms with E-state index in [4.69, 9.17) is 4.74 Å². The largest absolute Gasteiger partial charge is 0.466 e. The van der Waals surface area contributed by atoms with E-state index in [0.717, 1.165) is 19.4 Å². The minimum Gasteiger partial charge on any atom is -0.466 e. The lowest BCUT2D eigenvalue weighted by Crippen LogP contribution is -2.48. The molecule has 0 aromatic heterocycles. The predicted octanol–water partition coefficient (Wildman–Crippen LogP) is 2.25. The molecule has 0 bridgehead atoms. The van der Waals surface area contributed by atoms with Crippen LogP contribution in [0.25, 0.3) is 0 Å². The quantitative estimate of drug-likeness (QED) is 0.759. The first-order valence-electron chi connectivity index (χ1n) is 9.00. The molecule has 1 saturated heterocycles. The number of likely N-dealkylation sites (tertiary alicyclic amines) is 1. The highest BCUT2D eigenvalue weighted by Gasteiger charge is 2.31. The van der Waals surface area contributed by atoms with Gasteiger partial charge in [-0.05, 0) is 57.5 Å². The summed E-state index contributed by atoms with van der Waals surface area (Å²) in [5.41, 5.74) is 1.34. The number of ether oxygens (including phenoxy) is 1. The fourth-order valence-electron chi connectivity index (χ4n) is 3.06. The van der Waals surface area contributed by atoms with Gasteiger partial charge < -0.3 is 15.4 Å². The van der Waals surface area contributed by atoms with Gasteiger partial charge in [-0.25, -0.2) is 0 Å². The van der Waals surface area contributed by atoms with E-state index in [1.807, 2.05) is 11.8 Å². The number of carbonyl (C=O) groups is 3. The van der Waals surface area contributed by atoms with Crippen LogP contribution in [-0.2, 0) is 19.1 Å². The minimum atomic E-state index is -0.345. The second-order valence-corrected chi connectivity index (χ2v) is 6.51. The summed E-state index contributed by atoms with van der Waals surface area (Å²) in [4.78, 5) is 37.6. The van der Waals surface area contributed by atoms with Crippen LogP contribution in [0.5, 0.6) is 0 Å². The summed E-state index contributed by atoms with van der Waals surface area (Å²) in [5.74, 6) is -0.618. The van der Waals surface area contributed by atoms with Crippen molar-refractivity contribution in [3.8, 4) is 0 Å². The van der Waals surface area contributed by atoms with Crippen molar-refractivity contribution < 1.29 is 19.1 Å². The summed E-state index contributed by atoms with van der Waals surface area (Å²) in [6.07, 6.45) is 1.67. The van der Waals surface area contributed by atoms with Crippen molar-refractivity contribution in [1.82, 2.24) is 4.90 Å². The molecule has 0 saturated carbocycles. The van der Waals surface area contributed by atoms with Crippen molar-refractivity contribution in [2.45, 2.75) is 39.7 Å². The van der Waals surface area contributed by atoms with Crippen LogP contribution in [0.15, 0.2) is 24.3 Å². The second kappa shape index (κ2) is 9.33. The molecular weight excluding hydrogens is 334 g/mol. The molecule has 1 aromatic carbocycles. The van der Waals surface area contributed by atoms with Crippen LogP contribution in [0.2, 0.25) is 0 Å². The predicted molar refractivity (Wildman–Crippen MR) is 99.8 cm³/mol. The highest BCUT2D eigenvalue weighted by atomic mass is 16.5. The van der Waals surface area contributed by atoms with Gasteiger partial charge in [0, 0.05) is 24.8 Å². The summed E-state index contributed by atoms with van der Waals surface area (Å²) in [7, 11) is 0. The third-order valence-corrected chi connectivity index (χ3v) is 4.47. The highest BCUT2D eigenvalue weighted by molar-refractivity contribution is 5.95. The second-order valence-electron chi connectivity index (χ2n) is 6.51. The fraction of sp³-hybridized carbons (Fsp3) is 0.526. The van der Waals surface area contributed by atoms with Crippen LogP contribution in [0.3, 0.4) is 0 Å². The van der Waals surface area contributed by atoms with Crippen molar-refractivity contribution in [2.24, 2.45) is 5.92 Å². The Morgan fingerprint density at radius 3 is 2.38 bits per heavy atom. The molecule has 26 heavy (non-hydrogen) atoms. The van der Waals surface area contributed by atoms with E-state index in [1.165, 1.54) is 6.92 Å². The number of nitrogens with zero attached hydrogens (tertiary/aromatic N) is 1. The maximum atomic E-state index is 12.5. The highest BCUT2D eigenvalue weighted by Crippen LogP contribution is 2.21. The smallest absolute Gasteiger partial charge is 0.310 e. The van der Waals surface area contributed by atoms with Crippen LogP contribution in [0, 0.1) is 5.92 Å². The van der Waals surface area contributed by atoms with E-state index in [1.54, 1.807) is 31.2 Å². The minimum absolute atomic E-state index is 0.123. The summed E-state index contributed by atoms with van der Waals surface area (Å²) in [6.45, 7) is 6.78. The Labute approximate surface area is 154 Å². The fourth-order valence-corrected chi connectivity index (χ4v) is 3.06. The summed E-state index contributed by atoms with van der Waals surface area (Å²) in [6, 6.07) is 6.61. The van der Waals surface area contributed by atoms with Crippen LogP contribution < -0.4 is 10.6 Å². The average molecular weight is 361 g/mol. The standard InChI is InChI=1S/C19H27N3O4/c1-4-26-19(25)15-6-5-11-22(12-15)13(2)18(24)21-17-9-7-16(8-10-17)20-14(3)23/h7-10,13,15H,4-6,11-12H2,1-3H3,(H,20,23)(H,21,24)/t13-,15-/m0/s1. The normalized spacial score (nSPS) is 18.7. The van der Waals surface area contributed by atoms with Crippen LogP contribution in [-0.4, -0.2) is 48.4 Å². The zero-order valence-electron chi connectivity index (χ0n) is 15.6. The van der Waals surface area contributed by atoms with Gasteiger partial charge in [0.2, 0.25) is 11.8 Å². The maximum absolute atomic E-state index is 12.5. The molecular formula is C19H27N3O4. The summed E-state index contributed by atoms with van der Waals surface area (Å²) >= 11 is 0. The maximum Gasteiger partial charge on any atom is 0.310 e. The number of hydrogen-bond acceptors (Lipinski definition) is 5. The van der Waals surface area contributed by atoms with Crippen LogP contribution >= 0.6 is 0 Å². The van der Waals surface area contributed by atoms with Crippen molar-refractivity contribution in [1.29, 1.82) is 0 Å². The van der Waals surface area contributed by atoms with Gasteiger partial charge >= 0.3 is 5.97 Å². The number of esters is 1. The first kappa shape index (κ1) is 19.9. The molecule has 7 nitrogen and oxygen atoms in total. The van der Waals surface area contributed by atoms with Gasteiger partial charge in [0.25, 0.3) is 0 Å². The molecule has 0 aliphatic carbocycles. The molecule has 0 unspecified atom stereocenters. The number of benzene rings is 1.